The average molecular weight is 543 g/mol. The third-order valence-electron chi connectivity index (χ3n) is 12.6. The molecule has 2 aromatic carbocycles. The monoisotopic (exact) mass is 542 g/mol. The normalized spacial score (nSPS) is 34.4. The summed E-state index contributed by atoms with van der Waals surface area (Å²) in [5, 5.41) is 0. The van der Waals surface area contributed by atoms with E-state index in [1.54, 1.807) is 5.57 Å². The third-order valence-corrected chi connectivity index (χ3v) is 12.6. The molecule has 0 heterocycles. The van der Waals surface area contributed by atoms with E-state index in [1.807, 2.05) is 0 Å². The Labute approximate surface area is 250 Å². The lowest BCUT2D eigenvalue weighted by Gasteiger charge is -2.68. The van der Waals surface area contributed by atoms with Gasteiger partial charge in [0.2, 0.25) is 0 Å². The molecule has 0 aliphatic heterocycles. The summed E-state index contributed by atoms with van der Waals surface area (Å²) in [5.41, 5.74) is 16.6. The predicted octanol–water partition coefficient (Wildman–Crippen LogP) is 11.1. The van der Waals surface area contributed by atoms with Crippen molar-refractivity contribution in [3.8, 4) is 0 Å². The summed E-state index contributed by atoms with van der Waals surface area (Å²) < 4.78 is 0. The first-order valence-corrected chi connectivity index (χ1v) is 15.9. The van der Waals surface area contributed by atoms with Gasteiger partial charge in [-0.05, 0) is 131 Å². The van der Waals surface area contributed by atoms with E-state index < -0.39 is 0 Å². The van der Waals surface area contributed by atoms with Crippen molar-refractivity contribution in [3.63, 3.8) is 0 Å². The van der Waals surface area contributed by atoms with E-state index in [2.05, 4.69) is 117 Å². The molecule has 0 radical (unpaired) electrons. The van der Waals surface area contributed by atoms with Crippen LogP contribution in [0, 0.1) is 40.9 Å². The van der Waals surface area contributed by atoms with E-state index in [-0.39, 0.29) is 16.2 Å². The van der Waals surface area contributed by atoms with E-state index in [0.29, 0.717) is 17.8 Å². The van der Waals surface area contributed by atoms with E-state index in [1.165, 1.54) is 68.5 Å². The molecule has 6 rings (SSSR count). The fourth-order valence-corrected chi connectivity index (χ4v) is 10.8. The molecule has 6 atom stereocenters. The molecule has 0 aromatic heterocycles. The molecule has 6 unspecified atom stereocenters. The van der Waals surface area contributed by atoms with E-state index in [9.17, 15) is 0 Å². The Hall–Kier alpha value is -2.86. The molecule has 214 valence electrons. The smallest absolute Gasteiger partial charge is 0.00578 e. The van der Waals surface area contributed by atoms with Gasteiger partial charge in [-0.2, -0.15) is 0 Å². The zero-order valence-electron chi connectivity index (χ0n) is 26.9. The van der Waals surface area contributed by atoms with Crippen molar-refractivity contribution in [1.82, 2.24) is 0 Å². The van der Waals surface area contributed by atoms with Gasteiger partial charge < -0.3 is 0 Å². The maximum Gasteiger partial charge on any atom is -0.00578 e. The zero-order valence-corrected chi connectivity index (χ0v) is 26.9. The molecule has 4 aliphatic carbocycles. The van der Waals surface area contributed by atoms with Crippen molar-refractivity contribution in [2.45, 2.75) is 87.5 Å². The Bertz CT molecular complexity index is 1540. The highest BCUT2D eigenvalue weighted by molar-refractivity contribution is 5.78. The molecule has 1 fully saturated rings. The molecule has 0 spiro atoms. The summed E-state index contributed by atoms with van der Waals surface area (Å²) in [6.45, 7) is 29.3. The lowest BCUT2D eigenvalue weighted by molar-refractivity contribution is -0.143. The lowest BCUT2D eigenvalue weighted by Crippen LogP contribution is -2.61. The number of benzene rings is 2. The molecule has 0 nitrogen and oxygen atoms in total. The summed E-state index contributed by atoms with van der Waals surface area (Å²) in [6.07, 6.45) is 10.5. The van der Waals surface area contributed by atoms with Crippen LogP contribution in [0.4, 0.5) is 0 Å². The van der Waals surface area contributed by atoms with Gasteiger partial charge in [0, 0.05) is 0 Å². The van der Waals surface area contributed by atoms with Crippen LogP contribution in [0.2, 0.25) is 0 Å². The first-order chi connectivity index (χ1) is 19.3. The first kappa shape index (κ1) is 28.3. The van der Waals surface area contributed by atoms with Crippen molar-refractivity contribution in [1.29, 1.82) is 0 Å². The molecular formula is C41H50. The third kappa shape index (κ3) is 4.07. The maximum atomic E-state index is 4.95. The van der Waals surface area contributed by atoms with Crippen molar-refractivity contribution >= 4 is 11.1 Å². The van der Waals surface area contributed by atoms with Crippen LogP contribution in [-0.2, 0) is 12.8 Å². The summed E-state index contributed by atoms with van der Waals surface area (Å²) >= 11 is 0. The van der Waals surface area contributed by atoms with Gasteiger partial charge in [0.05, 0.1) is 0 Å². The standard InChI is InChI=1S/C41H50/c1-25(2)36-26(3)22-40(9)24-39(8)23-35-19-18-33(20-31-16-17-34(21-31)32-14-12-11-13-15-32)27(4)37(35)28(5)38(39)30(7)41(40,10)29(36)6/h11-15,17-19,21,29-30,38H,1,5,16,20,22-24H2,2-4,6-10H3. The topological polar surface area (TPSA) is 0 Å². The summed E-state index contributed by atoms with van der Waals surface area (Å²) in [6, 6.07) is 15.7. The van der Waals surface area contributed by atoms with Crippen LogP contribution in [0.1, 0.15) is 95.5 Å². The average Bonchev–Trinajstić information content (AvgIpc) is 3.36. The highest BCUT2D eigenvalue weighted by Crippen LogP contribution is 2.72. The number of fused-ring (bicyclic) bond motifs is 3. The molecule has 1 saturated carbocycles. The van der Waals surface area contributed by atoms with Crippen LogP contribution >= 0.6 is 0 Å². The van der Waals surface area contributed by atoms with Crippen LogP contribution in [-0.4, -0.2) is 0 Å². The zero-order chi connectivity index (χ0) is 29.5. The van der Waals surface area contributed by atoms with Gasteiger partial charge in [0.15, 0.2) is 0 Å². The molecule has 41 heavy (non-hydrogen) atoms. The summed E-state index contributed by atoms with van der Waals surface area (Å²) in [5.74, 6) is 1.54. The van der Waals surface area contributed by atoms with E-state index in [0.717, 1.165) is 19.3 Å². The Morgan fingerprint density at radius 3 is 2.37 bits per heavy atom. The fraction of sp³-hybridized carbons (Fsp3) is 0.463. The van der Waals surface area contributed by atoms with E-state index >= 15 is 0 Å². The number of hydrogen-bond acceptors (Lipinski definition) is 0. The predicted molar refractivity (Wildman–Crippen MR) is 178 cm³/mol. The number of allylic oxidation sites excluding steroid dienone is 8. The largest absolute Gasteiger partial charge is 0.0958 e. The van der Waals surface area contributed by atoms with Crippen LogP contribution in [0.15, 0.2) is 90.1 Å². The van der Waals surface area contributed by atoms with Gasteiger partial charge >= 0.3 is 0 Å². The second-order valence-corrected chi connectivity index (χ2v) is 15.1. The van der Waals surface area contributed by atoms with Crippen molar-refractivity contribution in [2.75, 3.05) is 0 Å². The van der Waals surface area contributed by atoms with Crippen molar-refractivity contribution in [3.05, 3.63) is 118 Å². The van der Waals surface area contributed by atoms with Crippen LogP contribution in [0.3, 0.4) is 0 Å². The SMILES string of the molecule is C=C(C)C1=C(C)CC2(C)CC3(C)Cc4ccc(CC5=CC(c6ccccc6)=CC5)c(C)c4C(=C)C3C(C)C2(C)C1C. The molecule has 2 aromatic rings. The molecular weight excluding hydrogens is 492 g/mol. The summed E-state index contributed by atoms with van der Waals surface area (Å²) in [4.78, 5) is 0. The van der Waals surface area contributed by atoms with Crippen molar-refractivity contribution < 1.29 is 0 Å². The van der Waals surface area contributed by atoms with Gasteiger partial charge in [-0.1, -0.05) is 119 Å². The Balaban J connectivity index is 1.35. The first-order valence-electron chi connectivity index (χ1n) is 15.9. The highest BCUT2D eigenvalue weighted by Gasteiger charge is 2.65. The molecule has 0 N–H and O–H groups in total. The quantitative estimate of drug-likeness (QED) is 0.360. The Morgan fingerprint density at radius 1 is 0.976 bits per heavy atom. The van der Waals surface area contributed by atoms with Crippen molar-refractivity contribution in [2.24, 2.45) is 34.0 Å². The minimum Gasteiger partial charge on any atom is -0.0958 e. The van der Waals surface area contributed by atoms with Crippen LogP contribution < -0.4 is 0 Å². The highest BCUT2D eigenvalue weighted by atomic mass is 14.7. The van der Waals surface area contributed by atoms with Crippen LogP contribution in [0.25, 0.3) is 11.1 Å². The Morgan fingerprint density at radius 2 is 1.68 bits per heavy atom. The number of rotatable bonds is 4. The van der Waals surface area contributed by atoms with E-state index in [4.69, 9.17) is 6.58 Å². The van der Waals surface area contributed by atoms with Gasteiger partial charge in [-0.25, -0.2) is 0 Å². The summed E-state index contributed by atoms with van der Waals surface area (Å²) in [7, 11) is 0. The Kier molecular flexibility index (Phi) is 6.61. The molecule has 0 amide bonds. The van der Waals surface area contributed by atoms with Gasteiger partial charge in [-0.3, -0.25) is 0 Å². The number of hydrogen-bond donors (Lipinski definition) is 0. The molecule has 0 heteroatoms. The molecule has 0 bridgehead atoms. The lowest BCUT2D eigenvalue weighted by atomic mass is 9.36. The minimum atomic E-state index is 0.200. The second kappa shape index (κ2) is 9.58. The molecule has 0 saturated heterocycles. The maximum absolute atomic E-state index is 4.95. The fourth-order valence-electron chi connectivity index (χ4n) is 10.8. The van der Waals surface area contributed by atoms with Gasteiger partial charge in [-0.15, -0.1) is 0 Å². The van der Waals surface area contributed by atoms with Gasteiger partial charge in [0.25, 0.3) is 0 Å². The molecule has 4 aliphatic rings. The van der Waals surface area contributed by atoms with Gasteiger partial charge in [0.1, 0.15) is 0 Å². The van der Waals surface area contributed by atoms with Crippen LogP contribution in [0.5, 0.6) is 0 Å². The minimum absolute atomic E-state index is 0.200. The second-order valence-electron chi connectivity index (χ2n) is 15.1.